The molecule has 0 aliphatic carbocycles. The van der Waals surface area contributed by atoms with Crippen molar-refractivity contribution in [2.24, 2.45) is 0 Å². The maximum absolute atomic E-state index is 13.5. The molecule has 2 aromatic carbocycles. The predicted octanol–water partition coefficient (Wildman–Crippen LogP) is 4.18. The number of rotatable bonds is 5. The maximum atomic E-state index is 13.5. The Morgan fingerprint density at radius 1 is 1.09 bits per heavy atom. The zero-order chi connectivity index (χ0) is 23.7. The molecule has 2 aromatic heterocycles. The van der Waals surface area contributed by atoms with E-state index < -0.39 is 16.9 Å². The summed E-state index contributed by atoms with van der Waals surface area (Å²) in [4.78, 5) is 33.6. The highest BCUT2D eigenvalue weighted by atomic mass is 16.6. The van der Waals surface area contributed by atoms with Crippen LogP contribution >= 0.6 is 0 Å². The third-order valence-electron chi connectivity index (χ3n) is 5.48. The van der Waals surface area contributed by atoms with E-state index in [1.807, 2.05) is 24.3 Å². The summed E-state index contributed by atoms with van der Waals surface area (Å²) in [6.07, 6.45) is 3.27. The summed E-state index contributed by atoms with van der Waals surface area (Å²) in [7, 11) is 0. The van der Waals surface area contributed by atoms with Crippen LogP contribution < -0.4 is 10.6 Å². The van der Waals surface area contributed by atoms with E-state index in [0.717, 1.165) is 0 Å². The highest BCUT2D eigenvalue weighted by Crippen LogP contribution is 2.40. The molecule has 4 aromatic rings. The number of amides is 1. The molecule has 0 bridgehead atoms. The quantitative estimate of drug-likeness (QED) is 0.343. The van der Waals surface area contributed by atoms with Crippen LogP contribution in [0.3, 0.4) is 0 Å². The number of allylic oxidation sites excluding steroid dienone is 1. The fraction of sp³-hybridized carbons (Fsp3) is 0.0833. The molecule has 34 heavy (non-hydrogen) atoms. The lowest BCUT2D eigenvalue weighted by Gasteiger charge is -2.28. The number of carbonyl (C=O) groups is 1. The minimum atomic E-state index is -0.875. The van der Waals surface area contributed by atoms with Gasteiger partial charge in [0.25, 0.3) is 11.6 Å². The van der Waals surface area contributed by atoms with Crippen LogP contribution in [0.1, 0.15) is 18.5 Å². The fourth-order valence-electron chi connectivity index (χ4n) is 3.95. The Balaban J connectivity index is 1.66. The van der Waals surface area contributed by atoms with Crippen LogP contribution in [0.2, 0.25) is 0 Å². The van der Waals surface area contributed by atoms with Crippen LogP contribution in [0.5, 0.6) is 0 Å². The molecule has 1 atom stereocenters. The summed E-state index contributed by atoms with van der Waals surface area (Å²) in [5.41, 5.74) is 2.32. The smallest absolute Gasteiger partial charge is 0.275 e. The lowest BCUT2D eigenvalue weighted by molar-refractivity contribution is -0.385. The van der Waals surface area contributed by atoms with Crippen molar-refractivity contribution in [1.82, 2.24) is 19.7 Å². The van der Waals surface area contributed by atoms with E-state index in [1.54, 1.807) is 55.7 Å². The zero-order valence-electron chi connectivity index (χ0n) is 18.0. The van der Waals surface area contributed by atoms with Gasteiger partial charge in [0.1, 0.15) is 6.04 Å². The Labute approximate surface area is 194 Å². The second-order valence-corrected chi connectivity index (χ2v) is 7.65. The fourth-order valence-corrected chi connectivity index (χ4v) is 3.95. The molecule has 0 fully saturated rings. The van der Waals surface area contributed by atoms with Crippen molar-refractivity contribution >= 4 is 23.2 Å². The number of benzene rings is 2. The molecule has 1 amide bonds. The van der Waals surface area contributed by atoms with Crippen LogP contribution in [-0.2, 0) is 4.79 Å². The number of nitro groups is 1. The molecule has 0 saturated heterocycles. The van der Waals surface area contributed by atoms with Gasteiger partial charge < -0.3 is 10.6 Å². The first kappa shape index (κ1) is 21.0. The predicted molar refractivity (Wildman–Crippen MR) is 126 cm³/mol. The SMILES string of the molecule is CC1=C(C(=O)Nc2ccccc2)C(c2ccccc2[N+](=O)[O-])n2nc(-c3cccnc3)nc2N1. The van der Waals surface area contributed by atoms with E-state index in [4.69, 9.17) is 0 Å². The number of hydrogen-bond acceptors (Lipinski definition) is 7. The third-order valence-corrected chi connectivity index (χ3v) is 5.48. The van der Waals surface area contributed by atoms with Gasteiger partial charge in [0, 0.05) is 35.4 Å². The molecule has 10 nitrogen and oxygen atoms in total. The highest BCUT2D eigenvalue weighted by molar-refractivity contribution is 6.06. The summed E-state index contributed by atoms with van der Waals surface area (Å²) in [5.74, 6) is 0.357. The van der Waals surface area contributed by atoms with Crippen LogP contribution in [-0.4, -0.2) is 30.6 Å². The maximum Gasteiger partial charge on any atom is 0.275 e. The first-order chi connectivity index (χ1) is 16.5. The van der Waals surface area contributed by atoms with Crippen LogP contribution in [0.25, 0.3) is 11.4 Å². The number of nitrogens with one attached hydrogen (secondary N) is 2. The summed E-state index contributed by atoms with van der Waals surface area (Å²) in [5, 5.41) is 22.5. The van der Waals surface area contributed by atoms with Gasteiger partial charge in [0.15, 0.2) is 5.82 Å². The molecule has 168 valence electrons. The third kappa shape index (κ3) is 3.77. The lowest BCUT2D eigenvalue weighted by atomic mass is 9.93. The van der Waals surface area contributed by atoms with Crippen molar-refractivity contribution in [2.45, 2.75) is 13.0 Å². The number of nitro benzene ring substituents is 1. The van der Waals surface area contributed by atoms with Gasteiger partial charge in [-0.05, 0) is 37.3 Å². The summed E-state index contributed by atoms with van der Waals surface area (Å²) in [6, 6.07) is 18.1. The lowest BCUT2D eigenvalue weighted by Crippen LogP contribution is -2.31. The molecule has 1 unspecified atom stereocenters. The van der Waals surface area contributed by atoms with E-state index in [-0.39, 0.29) is 5.69 Å². The van der Waals surface area contributed by atoms with Gasteiger partial charge in [-0.3, -0.25) is 19.9 Å². The molecule has 1 aliphatic rings. The molecule has 1 aliphatic heterocycles. The summed E-state index contributed by atoms with van der Waals surface area (Å²) < 4.78 is 1.51. The van der Waals surface area contributed by atoms with Crippen molar-refractivity contribution < 1.29 is 9.72 Å². The first-order valence-electron chi connectivity index (χ1n) is 10.5. The number of hydrogen-bond donors (Lipinski definition) is 2. The standard InChI is InChI=1S/C24H19N7O3/c1-15-20(23(32)27-17-9-3-2-4-10-17)21(18-11-5-6-12-19(18)31(33)34)30-24(26-15)28-22(29-30)16-8-7-13-25-14-16/h2-14,21H,1H3,(H,27,32)(H,26,28,29). The summed E-state index contributed by atoms with van der Waals surface area (Å²) >= 11 is 0. The van der Waals surface area contributed by atoms with E-state index in [1.165, 1.54) is 10.7 Å². The van der Waals surface area contributed by atoms with E-state index in [9.17, 15) is 14.9 Å². The Bertz CT molecular complexity index is 1420. The first-order valence-corrected chi connectivity index (χ1v) is 10.5. The van der Waals surface area contributed by atoms with Gasteiger partial charge >= 0.3 is 0 Å². The number of aromatic nitrogens is 4. The Hall–Kier alpha value is -4.86. The van der Waals surface area contributed by atoms with Gasteiger partial charge in [-0.2, -0.15) is 4.98 Å². The number of anilines is 2. The number of fused-ring (bicyclic) bond motifs is 1. The number of carbonyl (C=O) groups excluding carboxylic acids is 1. The van der Waals surface area contributed by atoms with Crippen molar-refractivity contribution in [3.8, 4) is 11.4 Å². The average molecular weight is 453 g/mol. The van der Waals surface area contributed by atoms with E-state index >= 15 is 0 Å². The van der Waals surface area contributed by atoms with Gasteiger partial charge in [-0.15, -0.1) is 5.10 Å². The van der Waals surface area contributed by atoms with Crippen LogP contribution in [0.4, 0.5) is 17.3 Å². The monoisotopic (exact) mass is 453 g/mol. The van der Waals surface area contributed by atoms with E-state index in [0.29, 0.717) is 39.9 Å². The Kier molecular flexibility index (Phi) is 5.30. The number of pyridine rings is 1. The minimum Gasteiger partial charge on any atom is -0.328 e. The van der Waals surface area contributed by atoms with Gasteiger partial charge in [0.05, 0.1) is 16.1 Å². The molecule has 2 N–H and O–H groups in total. The topological polar surface area (TPSA) is 128 Å². The molecule has 5 rings (SSSR count). The van der Waals surface area contributed by atoms with Crippen LogP contribution in [0.15, 0.2) is 90.4 Å². The number of para-hydroxylation sites is 2. The average Bonchev–Trinajstić information content (AvgIpc) is 3.28. The van der Waals surface area contributed by atoms with Crippen LogP contribution in [0, 0.1) is 10.1 Å². The normalized spacial score (nSPS) is 14.8. The molecule has 0 saturated carbocycles. The zero-order valence-corrected chi connectivity index (χ0v) is 18.0. The Morgan fingerprint density at radius 2 is 1.85 bits per heavy atom. The van der Waals surface area contributed by atoms with Crippen molar-refractivity contribution in [2.75, 3.05) is 10.6 Å². The van der Waals surface area contributed by atoms with Crippen molar-refractivity contribution in [3.05, 3.63) is 106 Å². The number of nitrogens with zero attached hydrogens (tertiary/aromatic N) is 5. The Morgan fingerprint density at radius 3 is 2.59 bits per heavy atom. The van der Waals surface area contributed by atoms with Crippen molar-refractivity contribution in [1.29, 1.82) is 0 Å². The molecule has 0 radical (unpaired) electrons. The molecular formula is C24H19N7O3. The largest absolute Gasteiger partial charge is 0.328 e. The van der Waals surface area contributed by atoms with E-state index in [2.05, 4.69) is 25.7 Å². The molecular weight excluding hydrogens is 434 g/mol. The molecule has 10 heteroatoms. The van der Waals surface area contributed by atoms with Gasteiger partial charge in [-0.25, -0.2) is 4.68 Å². The van der Waals surface area contributed by atoms with Gasteiger partial charge in [0.2, 0.25) is 5.95 Å². The minimum absolute atomic E-state index is 0.114. The van der Waals surface area contributed by atoms with Crippen molar-refractivity contribution in [3.63, 3.8) is 0 Å². The van der Waals surface area contributed by atoms with Gasteiger partial charge in [-0.1, -0.05) is 30.3 Å². The summed E-state index contributed by atoms with van der Waals surface area (Å²) in [6.45, 7) is 1.74. The second kappa shape index (κ2) is 8.58. The second-order valence-electron chi connectivity index (χ2n) is 7.65. The molecule has 3 heterocycles. The highest BCUT2D eigenvalue weighted by Gasteiger charge is 2.37. The molecule has 0 spiro atoms.